The van der Waals surface area contributed by atoms with Gasteiger partial charge in [-0.05, 0) is 31.9 Å². The molecule has 0 unspecified atom stereocenters. The molecule has 1 amide bonds. The lowest BCUT2D eigenvalue weighted by Gasteiger charge is -2.26. The summed E-state index contributed by atoms with van der Waals surface area (Å²) >= 11 is 0. The lowest BCUT2D eigenvalue weighted by atomic mass is 9.82. The van der Waals surface area contributed by atoms with Gasteiger partial charge in [-0.15, -0.1) is 0 Å². The summed E-state index contributed by atoms with van der Waals surface area (Å²) in [5.41, 5.74) is 1.01. The third-order valence-electron chi connectivity index (χ3n) is 4.50. The molecule has 122 valence electrons. The Bertz CT molecular complexity index is 736. The van der Waals surface area contributed by atoms with Crippen molar-refractivity contribution in [1.29, 1.82) is 0 Å². The van der Waals surface area contributed by atoms with Gasteiger partial charge in [-0.3, -0.25) is 14.6 Å². The van der Waals surface area contributed by atoms with Crippen LogP contribution in [0.4, 0.5) is 0 Å². The average Bonchev–Trinajstić information content (AvgIpc) is 2.55. The summed E-state index contributed by atoms with van der Waals surface area (Å²) in [6.07, 6.45) is 0.929. The fourth-order valence-electron chi connectivity index (χ4n) is 2.65. The lowest BCUT2D eigenvalue weighted by Crippen LogP contribution is -2.42. The van der Waals surface area contributed by atoms with Crippen LogP contribution < -0.4 is 5.32 Å². The molecule has 5 nitrogen and oxygen atoms in total. The second-order valence-corrected chi connectivity index (χ2v) is 5.81. The molecular weight excluding hydrogens is 292 g/mol. The van der Waals surface area contributed by atoms with Crippen LogP contribution in [0.15, 0.2) is 30.3 Å². The minimum atomic E-state index is -0.927. The van der Waals surface area contributed by atoms with E-state index in [9.17, 15) is 14.7 Å². The number of pyridine rings is 1. The molecule has 23 heavy (non-hydrogen) atoms. The Balaban J connectivity index is 2.28. The minimum Gasteiger partial charge on any atom is -0.481 e. The molecular formula is C18H22N2O3. The Kier molecular flexibility index (Phi) is 4.98. The molecule has 1 aromatic heterocycles. The number of carboxylic acid groups (broad SMARTS) is 1. The fraction of sp³-hybridized carbons (Fsp3) is 0.389. The normalized spacial score (nSPS) is 11.4. The first-order valence-electron chi connectivity index (χ1n) is 7.81. The van der Waals surface area contributed by atoms with Gasteiger partial charge in [0.1, 0.15) is 0 Å². The Morgan fingerprint density at radius 1 is 1.17 bits per heavy atom. The monoisotopic (exact) mass is 314 g/mol. The molecule has 2 aromatic rings. The van der Waals surface area contributed by atoms with Crippen molar-refractivity contribution in [2.75, 3.05) is 6.54 Å². The summed E-state index contributed by atoms with van der Waals surface area (Å²) in [5.74, 6) is -1.17. The maximum atomic E-state index is 12.5. The third kappa shape index (κ3) is 3.33. The van der Waals surface area contributed by atoms with Crippen molar-refractivity contribution in [2.24, 2.45) is 5.41 Å². The van der Waals surface area contributed by atoms with E-state index in [0.717, 1.165) is 11.1 Å². The number of carbonyl (C=O) groups excluding carboxylic acids is 1. The number of rotatable bonds is 6. The molecule has 0 spiro atoms. The summed E-state index contributed by atoms with van der Waals surface area (Å²) in [6.45, 7) is 5.63. The molecule has 0 aliphatic carbocycles. The number of aromatic nitrogens is 1. The first kappa shape index (κ1) is 16.9. The van der Waals surface area contributed by atoms with Gasteiger partial charge in [0.25, 0.3) is 5.91 Å². The van der Waals surface area contributed by atoms with Crippen LogP contribution >= 0.6 is 0 Å². The summed E-state index contributed by atoms with van der Waals surface area (Å²) in [5, 5.41) is 13.1. The second-order valence-electron chi connectivity index (χ2n) is 5.81. The standard InChI is InChI=1S/C18H22N2O3/c1-4-18(5-2,17(22)23)11-19-16(21)14-8-6-7-13-10-9-12(3)20-15(13)14/h6-10H,4-5,11H2,1-3H3,(H,19,21)(H,22,23). The number of nitrogens with zero attached hydrogens (tertiary/aromatic N) is 1. The SMILES string of the molecule is CCC(CC)(CNC(=O)c1cccc2ccc(C)nc12)C(=O)O. The minimum absolute atomic E-state index is 0.108. The van der Waals surface area contributed by atoms with Gasteiger partial charge in [0.15, 0.2) is 0 Å². The van der Waals surface area contributed by atoms with E-state index in [1.807, 2.05) is 39.0 Å². The van der Waals surface area contributed by atoms with Crippen molar-refractivity contribution in [2.45, 2.75) is 33.6 Å². The highest BCUT2D eigenvalue weighted by Crippen LogP contribution is 2.26. The molecule has 0 fully saturated rings. The largest absolute Gasteiger partial charge is 0.481 e. The smallest absolute Gasteiger partial charge is 0.311 e. The van der Waals surface area contributed by atoms with Crippen molar-refractivity contribution in [3.8, 4) is 0 Å². The van der Waals surface area contributed by atoms with Gasteiger partial charge < -0.3 is 10.4 Å². The number of nitrogens with one attached hydrogen (secondary N) is 1. The number of para-hydroxylation sites is 1. The van der Waals surface area contributed by atoms with E-state index in [4.69, 9.17) is 0 Å². The number of carboxylic acids is 1. The molecule has 0 saturated heterocycles. The average molecular weight is 314 g/mol. The van der Waals surface area contributed by atoms with Crippen LogP contribution in [0.5, 0.6) is 0 Å². The summed E-state index contributed by atoms with van der Waals surface area (Å²) < 4.78 is 0. The highest BCUT2D eigenvalue weighted by Gasteiger charge is 2.35. The van der Waals surface area contributed by atoms with E-state index in [-0.39, 0.29) is 12.5 Å². The van der Waals surface area contributed by atoms with Crippen LogP contribution in [0.2, 0.25) is 0 Å². The predicted octanol–water partition coefficient (Wildman–Crippen LogP) is 3.16. The molecule has 0 atom stereocenters. The number of aryl methyl sites for hydroxylation is 1. The van der Waals surface area contributed by atoms with Gasteiger partial charge in [0, 0.05) is 17.6 Å². The van der Waals surface area contributed by atoms with Crippen molar-refractivity contribution in [3.63, 3.8) is 0 Å². The molecule has 0 saturated carbocycles. The number of fused-ring (bicyclic) bond motifs is 1. The fourth-order valence-corrected chi connectivity index (χ4v) is 2.65. The van der Waals surface area contributed by atoms with Gasteiger partial charge in [-0.1, -0.05) is 32.0 Å². The van der Waals surface area contributed by atoms with Gasteiger partial charge >= 0.3 is 5.97 Å². The van der Waals surface area contributed by atoms with Crippen molar-refractivity contribution in [1.82, 2.24) is 10.3 Å². The lowest BCUT2D eigenvalue weighted by molar-refractivity contribution is -0.149. The van der Waals surface area contributed by atoms with Gasteiger partial charge in [-0.25, -0.2) is 0 Å². The van der Waals surface area contributed by atoms with Crippen LogP contribution in [0.3, 0.4) is 0 Å². The van der Waals surface area contributed by atoms with Crippen molar-refractivity contribution < 1.29 is 14.7 Å². The van der Waals surface area contributed by atoms with E-state index < -0.39 is 11.4 Å². The number of hydrogen-bond acceptors (Lipinski definition) is 3. The van der Waals surface area contributed by atoms with Crippen molar-refractivity contribution in [3.05, 3.63) is 41.6 Å². The van der Waals surface area contributed by atoms with Crippen LogP contribution in [0.25, 0.3) is 10.9 Å². The molecule has 2 rings (SSSR count). The third-order valence-corrected chi connectivity index (χ3v) is 4.50. The van der Waals surface area contributed by atoms with E-state index in [0.29, 0.717) is 23.9 Å². The maximum Gasteiger partial charge on any atom is 0.311 e. The van der Waals surface area contributed by atoms with E-state index in [1.165, 1.54) is 0 Å². The molecule has 0 radical (unpaired) electrons. The van der Waals surface area contributed by atoms with Gasteiger partial charge in [-0.2, -0.15) is 0 Å². The Hall–Kier alpha value is -2.43. The molecule has 1 aromatic carbocycles. The quantitative estimate of drug-likeness (QED) is 0.858. The van der Waals surface area contributed by atoms with Gasteiger partial charge in [0.05, 0.1) is 16.5 Å². The van der Waals surface area contributed by atoms with Crippen molar-refractivity contribution >= 4 is 22.8 Å². The molecule has 0 aliphatic rings. The highest BCUT2D eigenvalue weighted by molar-refractivity contribution is 6.05. The zero-order valence-corrected chi connectivity index (χ0v) is 13.7. The number of amides is 1. The molecule has 0 aliphatic heterocycles. The Labute approximate surface area is 135 Å². The van der Waals surface area contributed by atoms with Crippen LogP contribution in [0.1, 0.15) is 42.7 Å². The summed E-state index contributed by atoms with van der Waals surface area (Å²) in [7, 11) is 0. The highest BCUT2D eigenvalue weighted by atomic mass is 16.4. The van der Waals surface area contributed by atoms with E-state index in [2.05, 4.69) is 10.3 Å². The maximum absolute atomic E-state index is 12.5. The second kappa shape index (κ2) is 6.77. The van der Waals surface area contributed by atoms with Crippen LogP contribution in [0, 0.1) is 12.3 Å². The number of benzene rings is 1. The number of aliphatic carboxylic acids is 1. The summed E-state index contributed by atoms with van der Waals surface area (Å²) in [4.78, 5) is 28.5. The van der Waals surface area contributed by atoms with Crippen LogP contribution in [-0.4, -0.2) is 28.5 Å². The zero-order chi connectivity index (χ0) is 17.0. The molecule has 0 bridgehead atoms. The molecule has 1 heterocycles. The van der Waals surface area contributed by atoms with Gasteiger partial charge in [0.2, 0.25) is 0 Å². The topological polar surface area (TPSA) is 79.3 Å². The van der Waals surface area contributed by atoms with E-state index >= 15 is 0 Å². The Morgan fingerprint density at radius 2 is 1.87 bits per heavy atom. The molecule has 2 N–H and O–H groups in total. The Morgan fingerprint density at radius 3 is 2.48 bits per heavy atom. The first-order valence-corrected chi connectivity index (χ1v) is 7.81. The zero-order valence-electron chi connectivity index (χ0n) is 13.7. The summed E-state index contributed by atoms with van der Waals surface area (Å²) in [6, 6.07) is 9.24. The molecule has 5 heteroatoms. The number of carbonyl (C=O) groups is 2. The van der Waals surface area contributed by atoms with Crippen LogP contribution in [-0.2, 0) is 4.79 Å². The predicted molar refractivity (Wildman–Crippen MR) is 89.5 cm³/mol. The van der Waals surface area contributed by atoms with E-state index in [1.54, 1.807) is 12.1 Å². The first-order chi connectivity index (χ1) is 10.9. The number of hydrogen-bond donors (Lipinski definition) is 2.